The highest BCUT2D eigenvalue weighted by Gasteiger charge is 2.19. The van der Waals surface area contributed by atoms with Crippen molar-refractivity contribution in [1.82, 2.24) is 0 Å². The van der Waals surface area contributed by atoms with Crippen molar-refractivity contribution in [3.05, 3.63) is 29.3 Å². The van der Waals surface area contributed by atoms with Gasteiger partial charge >= 0.3 is 0 Å². The third kappa shape index (κ3) is 1.41. The number of carbonyl (C=O) groups is 1. The fourth-order valence-electron chi connectivity index (χ4n) is 2.14. The molecule has 0 atom stereocenters. The molecule has 0 amide bonds. The summed E-state index contributed by atoms with van der Waals surface area (Å²) in [5, 5.41) is 0. The summed E-state index contributed by atoms with van der Waals surface area (Å²) >= 11 is 0. The molecule has 1 aliphatic heterocycles. The minimum Gasteiger partial charge on any atom is -0.371 e. The van der Waals surface area contributed by atoms with E-state index in [1.165, 1.54) is 11.3 Å². The Morgan fingerprint density at radius 3 is 3.07 bits per heavy atom. The van der Waals surface area contributed by atoms with Gasteiger partial charge in [-0.05, 0) is 24.5 Å². The average Bonchev–Trinajstić information content (AvgIpc) is 2.62. The molecular weight excluding hydrogens is 174 g/mol. The average molecular weight is 189 g/mol. The van der Waals surface area contributed by atoms with E-state index in [1.54, 1.807) is 0 Å². The van der Waals surface area contributed by atoms with Crippen LogP contribution in [0.15, 0.2) is 18.2 Å². The lowest BCUT2D eigenvalue weighted by Crippen LogP contribution is -2.20. The van der Waals surface area contributed by atoms with Gasteiger partial charge in [0, 0.05) is 24.3 Å². The number of benzene rings is 1. The van der Waals surface area contributed by atoms with Crippen molar-refractivity contribution >= 4 is 12.0 Å². The lowest BCUT2D eigenvalue weighted by atomic mass is 10.1. The van der Waals surface area contributed by atoms with Crippen LogP contribution < -0.4 is 4.90 Å². The lowest BCUT2D eigenvalue weighted by Gasteiger charge is -2.18. The largest absolute Gasteiger partial charge is 0.371 e. The standard InChI is InChI=1S/C12H15NO/c1-2-7-13-8-6-11-10(9-14)4-3-5-12(11)13/h3-5,9H,2,6-8H2,1H3. The fraction of sp³-hybridized carbons (Fsp3) is 0.417. The number of carbonyl (C=O) groups excluding carboxylic acids is 1. The Labute approximate surface area is 84.5 Å². The third-order valence-corrected chi connectivity index (χ3v) is 2.78. The predicted octanol–water partition coefficient (Wildman–Crippen LogP) is 2.27. The van der Waals surface area contributed by atoms with Crippen molar-refractivity contribution in [2.45, 2.75) is 19.8 Å². The van der Waals surface area contributed by atoms with Gasteiger partial charge in [-0.3, -0.25) is 4.79 Å². The minimum absolute atomic E-state index is 0.862. The maximum atomic E-state index is 10.8. The normalized spacial score (nSPS) is 14.2. The molecule has 0 bridgehead atoms. The molecule has 2 rings (SSSR count). The number of hydrogen-bond donors (Lipinski definition) is 0. The predicted molar refractivity (Wildman–Crippen MR) is 58.0 cm³/mol. The van der Waals surface area contributed by atoms with Gasteiger partial charge in [0.2, 0.25) is 0 Å². The first-order chi connectivity index (χ1) is 6.86. The van der Waals surface area contributed by atoms with E-state index in [9.17, 15) is 4.79 Å². The number of aldehydes is 1. The Kier molecular flexibility index (Phi) is 2.53. The molecule has 2 nitrogen and oxygen atoms in total. The van der Waals surface area contributed by atoms with Crippen LogP contribution >= 0.6 is 0 Å². The van der Waals surface area contributed by atoms with E-state index < -0.39 is 0 Å². The highest BCUT2D eigenvalue weighted by atomic mass is 16.1. The van der Waals surface area contributed by atoms with Gasteiger partial charge in [-0.25, -0.2) is 0 Å². The van der Waals surface area contributed by atoms with Crippen LogP contribution in [0.2, 0.25) is 0 Å². The second-order valence-corrected chi connectivity index (χ2v) is 3.70. The van der Waals surface area contributed by atoms with Gasteiger partial charge in [0.25, 0.3) is 0 Å². The molecule has 1 heterocycles. The quantitative estimate of drug-likeness (QED) is 0.680. The number of fused-ring (bicyclic) bond motifs is 1. The molecule has 0 saturated heterocycles. The first-order valence-corrected chi connectivity index (χ1v) is 5.19. The molecule has 74 valence electrons. The Morgan fingerprint density at radius 2 is 2.36 bits per heavy atom. The monoisotopic (exact) mass is 189 g/mol. The van der Waals surface area contributed by atoms with Crippen LogP contribution in [-0.2, 0) is 6.42 Å². The highest BCUT2D eigenvalue weighted by molar-refractivity contribution is 5.82. The minimum atomic E-state index is 0.862. The zero-order valence-electron chi connectivity index (χ0n) is 8.49. The van der Waals surface area contributed by atoms with Gasteiger partial charge in [-0.15, -0.1) is 0 Å². The molecule has 0 aliphatic carbocycles. The van der Waals surface area contributed by atoms with Gasteiger partial charge < -0.3 is 4.90 Å². The van der Waals surface area contributed by atoms with E-state index in [0.29, 0.717) is 0 Å². The molecule has 2 heteroatoms. The molecule has 0 unspecified atom stereocenters. The number of rotatable bonds is 3. The summed E-state index contributed by atoms with van der Waals surface area (Å²) in [6.07, 6.45) is 3.14. The van der Waals surface area contributed by atoms with Crippen LogP contribution in [0.1, 0.15) is 29.3 Å². The van der Waals surface area contributed by atoms with Gasteiger partial charge in [0.15, 0.2) is 0 Å². The topological polar surface area (TPSA) is 20.3 Å². The van der Waals surface area contributed by atoms with Gasteiger partial charge in [-0.2, -0.15) is 0 Å². The summed E-state index contributed by atoms with van der Waals surface area (Å²) in [5.41, 5.74) is 3.36. The Morgan fingerprint density at radius 1 is 1.50 bits per heavy atom. The van der Waals surface area contributed by atoms with E-state index in [0.717, 1.165) is 37.8 Å². The van der Waals surface area contributed by atoms with Gasteiger partial charge in [0.05, 0.1) is 0 Å². The zero-order chi connectivity index (χ0) is 9.97. The van der Waals surface area contributed by atoms with E-state index in [4.69, 9.17) is 0 Å². The number of anilines is 1. The van der Waals surface area contributed by atoms with E-state index in [1.807, 2.05) is 12.1 Å². The van der Waals surface area contributed by atoms with Crippen molar-refractivity contribution in [3.8, 4) is 0 Å². The van der Waals surface area contributed by atoms with E-state index in [2.05, 4.69) is 17.9 Å². The molecule has 0 radical (unpaired) electrons. The third-order valence-electron chi connectivity index (χ3n) is 2.78. The first-order valence-electron chi connectivity index (χ1n) is 5.19. The van der Waals surface area contributed by atoms with Crippen LogP contribution in [0.4, 0.5) is 5.69 Å². The molecule has 1 aliphatic rings. The smallest absolute Gasteiger partial charge is 0.150 e. The van der Waals surface area contributed by atoms with E-state index >= 15 is 0 Å². The van der Waals surface area contributed by atoms with Crippen LogP contribution in [-0.4, -0.2) is 19.4 Å². The molecule has 0 N–H and O–H groups in total. The molecular formula is C12H15NO. The second kappa shape index (κ2) is 3.82. The zero-order valence-corrected chi connectivity index (χ0v) is 8.49. The Bertz CT molecular complexity index is 346. The Balaban J connectivity index is 2.36. The van der Waals surface area contributed by atoms with E-state index in [-0.39, 0.29) is 0 Å². The summed E-state index contributed by atoms with van der Waals surface area (Å²) in [7, 11) is 0. The molecule has 0 spiro atoms. The lowest BCUT2D eigenvalue weighted by molar-refractivity contribution is 0.112. The van der Waals surface area contributed by atoms with Crippen LogP contribution in [0.3, 0.4) is 0 Å². The molecule has 0 fully saturated rings. The molecule has 1 aromatic rings. The molecule has 0 aromatic heterocycles. The first kappa shape index (κ1) is 9.25. The summed E-state index contributed by atoms with van der Waals surface area (Å²) in [6, 6.07) is 5.99. The molecule has 14 heavy (non-hydrogen) atoms. The van der Waals surface area contributed by atoms with Crippen LogP contribution in [0, 0.1) is 0 Å². The second-order valence-electron chi connectivity index (χ2n) is 3.70. The van der Waals surface area contributed by atoms with Crippen molar-refractivity contribution in [2.75, 3.05) is 18.0 Å². The maximum Gasteiger partial charge on any atom is 0.150 e. The van der Waals surface area contributed by atoms with Gasteiger partial charge in [0.1, 0.15) is 6.29 Å². The molecule has 1 aromatic carbocycles. The van der Waals surface area contributed by atoms with Gasteiger partial charge in [-0.1, -0.05) is 19.1 Å². The maximum absolute atomic E-state index is 10.8. The number of nitrogens with zero attached hydrogens (tertiary/aromatic N) is 1. The van der Waals surface area contributed by atoms with Crippen LogP contribution in [0.5, 0.6) is 0 Å². The summed E-state index contributed by atoms with van der Waals surface area (Å²) in [5.74, 6) is 0. The number of hydrogen-bond acceptors (Lipinski definition) is 2. The van der Waals surface area contributed by atoms with Crippen molar-refractivity contribution < 1.29 is 4.79 Å². The Hall–Kier alpha value is -1.31. The van der Waals surface area contributed by atoms with Crippen molar-refractivity contribution in [2.24, 2.45) is 0 Å². The SMILES string of the molecule is CCCN1CCc2c(C=O)cccc21. The summed E-state index contributed by atoms with van der Waals surface area (Å²) in [4.78, 5) is 13.2. The highest BCUT2D eigenvalue weighted by Crippen LogP contribution is 2.29. The summed E-state index contributed by atoms with van der Waals surface area (Å²) in [6.45, 7) is 4.34. The fourth-order valence-corrected chi connectivity index (χ4v) is 2.14. The van der Waals surface area contributed by atoms with Crippen molar-refractivity contribution in [3.63, 3.8) is 0 Å². The molecule has 0 saturated carbocycles. The van der Waals surface area contributed by atoms with Crippen LogP contribution in [0.25, 0.3) is 0 Å². The summed E-state index contributed by atoms with van der Waals surface area (Å²) < 4.78 is 0. The van der Waals surface area contributed by atoms with Crippen molar-refractivity contribution in [1.29, 1.82) is 0 Å².